The number of hydrogen-bond donors (Lipinski definition) is 8. The summed E-state index contributed by atoms with van der Waals surface area (Å²) in [5.41, 5.74) is 7.67. The molecule has 3 aromatic rings. The van der Waals surface area contributed by atoms with E-state index in [0.29, 0.717) is 11.3 Å². The second-order valence-corrected chi connectivity index (χ2v) is 9.74. The normalized spacial score (nSPS) is 14.2. The van der Waals surface area contributed by atoms with Gasteiger partial charge in [-0.25, -0.2) is 9.78 Å². The maximum atomic E-state index is 13.5. The minimum Gasteiger partial charge on any atom is -0.481 e. The van der Waals surface area contributed by atoms with Crippen LogP contribution in [0.25, 0.3) is 10.9 Å². The number of carboxylic acids is 2. The number of aromatic amines is 2. The van der Waals surface area contributed by atoms with Gasteiger partial charge in [0, 0.05) is 41.8 Å². The summed E-state index contributed by atoms with van der Waals surface area (Å²) >= 11 is 0. The largest absolute Gasteiger partial charge is 0.481 e. The Hall–Kier alpha value is -4.72. The highest BCUT2D eigenvalue weighted by molar-refractivity contribution is 5.95. The van der Waals surface area contributed by atoms with Crippen LogP contribution in [0.2, 0.25) is 0 Å². The van der Waals surface area contributed by atoms with Crippen LogP contribution >= 0.6 is 0 Å². The molecule has 4 atom stereocenters. The number of nitrogens with two attached hydrogens (primary N) is 1. The number of amides is 3. The summed E-state index contributed by atoms with van der Waals surface area (Å²) in [7, 11) is 0. The van der Waals surface area contributed by atoms with Crippen LogP contribution < -0.4 is 21.7 Å². The number of fused-ring (bicyclic) bond motifs is 1. The Morgan fingerprint density at radius 2 is 1.57 bits per heavy atom. The summed E-state index contributed by atoms with van der Waals surface area (Å²) in [5, 5.41) is 26.9. The quantitative estimate of drug-likeness (QED) is 0.130. The molecule has 14 heteroatoms. The molecule has 4 unspecified atom stereocenters. The molecule has 9 N–H and O–H groups in total. The van der Waals surface area contributed by atoms with Crippen LogP contribution in [-0.4, -0.2) is 79.0 Å². The lowest BCUT2D eigenvalue weighted by atomic mass is 10.0. The van der Waals surface area contributed by atoms with E-state index in [0.717, 1.165) is 10.9 Å². The van der Waals surface area contributed by atoms with Crippen molar-refractivity contribution in [2.45, 2.75) is 57.3 Å². The number of imidazole rings is 1. The Kier molecular flexibility index (Phi) is 9.97. The first-order valence-electron chi connectivity index (χ1n) is 12.6. The SMILES string of the molecule is CC(C)C(NC(=O)C(Cc1c[nH]c2ccccc12)NC(=O)C(Cc1cnc[nH]1)NC(=O)C(N)CC(=O)O)C(=O)O. The zero-order chi connectivity index (χ0) is 29.4. The summed E-state index contributed by atoms with van der Waals surface area (Å²) in [6.07, 6.45) is 3.82. The Bertz CT molecular complexity index is 1350. The highest BCUT2D eigenvalue weighted by Crippen LogP contribution is 2.19. The van der Waals surface area contributed by atoms with Gasteiger partial charge in [-0.3, -0.25) is 19.2 Å². The van der Waals surface area contributed by atoms with E-state index < -0.39 is 66.2 Å². The van der Waals surface area contributed by atoms with Crippen molar-refractivity contribution in [3.63, 3.8) is 0 Å². The van der Waals surface area contributed by atoms with Gasteiger partial charge in [0.05, 0.1) is 18.8 Å². The van der Waals surface area contributed by atoms with Crippen molar-refractivity contribution >= 4 is 40.6 Å². The third kappa shape index (κ3) is 7.89. The number of carbonyl (C=O) groups is 5. The molecule has 0 aliphatic heterocycles. The van der Waals surface area contributed by atoms with E-state index >= 15 is 0 Å². The number of aliphatic carboxylic acids is 2. The second-order valence-electron chi connectivity index (χ2n) is 9.74. The third-order valence-electron chi connectivity index (χ3n) is 6.31. The van der Waals surface area contributed by atoms with E-state index in [9.17, 15) is 29.1 Å². The van der Waals surface area contributed by atoms with Crippen LogP contribution in [-0.2, 0) is 36.8 Å². The lowest BCUT2D eigenvalue weighted by molar-refractivity contribution is -0.143. The smallest absolute Gasteiger partial charge is 0.326 e. The van der Waals surface area contributed by atoms with Crippen molar-refractivity contribution in [3.05, 3.63) is 54.2 Å². The number of benzene rings is 1. The fraction of sp³-hybridized carbons (Fsp3) is 0.385. The maximum Gasteiger partial charge on any atom is 0.326 e. The Labute approximate surface area is 229 Å². The number of hydrogen-bond acceptors (Lipinski definition) is 7. The van der Waals surface area contributed by atoms with Gasteiger partial charge in [0.1, 0.15) is 18.1 Å². The van der Waals surface area contributed by atoms with Gasteiger partial charge in [0.15, 0.2) is 0 Å². The summed E-state index contributed by atoms with van der Waals surface area (Å²) in [4.78, 5) is 72.0. The van der Waals surface area contributed by atoms with Crippen LogP contribution in [0.15, 0.2) is 43.0 Å². The molecule has 214 valence electrons. The van der Waals surface area contributed by atoms with Crippen LogP contribution in [0.4, 0.5) is 0 Å². The van der Waals surface area contributed by atoms with Crippen molar-refractivity contribution < 1.29 is 34.2 Å². The molecule has 0 saturated heterocycles. The second kappa shape index (κ2) is 13.4. The fourth-order valence-electron chi connectivity index (χ4n) is 4.15. The molecule has 0 aliphatic carbocycles. The van der Waals surface area contributed by atoms with Crippen molar-refractivity contribution in [2.75, 3.05) is 0 Å². The number of carboxylic acid groups (broad SMARTS) is 2. The van der Waals surface area contributed by atoms with Gasteiger partial charge in [0.2, 0.25) is 17.7 Å². The summed E-state index contributed by atoms with van der Waals surface area (Å²) in [6.45, 7) is 3.28. The average molecular weight is 556 g/mol. The standard InChI is InChI=1S/C26H33N7O7/c1-13(2)22(26(39)40)33-25(38)19(7-14-10-29-18-6-4-3-5-16(14)18)32-24(37)20(8-15-11-28-12-30-15)31-23(36)17(27)9-21(34)35/h3-6,10-13,17,19-20,22,29H,7-9,27H2,1-2H3,(H,28,30)(H,31,36)(H,32,37)(H,33,38)(H,34,35)(H,39,40). The minimum absolute atomic E-state index is 0.00920. The molecule has 3 amide bonds. The molecule has 2 heterocycles. The minimum atomic E-state index is -1.41. The molecule has 3 rings (SSSR count). The molecule has 1 aromatic carbocycles. The van der Waals surface area contributed by atoms with Gasteiger partial charge >= 0.3 is 11.9 Å². The molecular formula is C26H33N7O7. The number of rotatable bonds is 14. The number of para-hydroxylation sites is 1. The van der Waals surface area contributed by atoms with Crippen molar-refractivity contribution in [3.8, 4) is 0 Å². The van der Waals surface area contributed by atoms with E-state index in [4.69, 9.17) is 10.8 Å². The van der Waals surface area contributed by atoms with Crippen LogP contribution in [0, 0.1) is 5.92 Å². The topological polar surface area (TPSA) is 232 Å². The van der Waals surface area contributed by atoms with Gasteiger partial charge in [0.25, 0.3) is 0 Å². The van der Waals surface area contributed by atoms with Crippen molar-refractivity contribution in [2.24, 2.45) is 11.7 Å². The monoisotopic (exact) mass is 555 g/mol. The van der Waals surface area contributed by atoms with Gasteiger partial charge in [-0.2, -0.15) is 0 Å². The Morgan fingerprint density at radius 3 is 2.20 bits per heavy atom. The van der Waals surface area contributed by atoms with Gasteiger partial charge in [-0.1, -0.05) is 32.0 Å². The van der Waals surface area contributed by atoms with E-state index in [1.54, 1.807) is 20.0 Å². The molecule has 0 radical (unpaired) electrons. The van der Waals surface area contributed by atoms with Crippen LogP contribution in [0.3, 0.4) is 0 Å². The predicted octanol–water partition coefficient (Wildman–Crippen LogP) is -0.327. The first-order chi connectivity index (χ1) is 19.0. The molecule has 14 nitrogen and oxygen atoms in total. The highest BCUT2D eigenvalue weighted by Gasteiger charge is 2.32. The van der Waals surface area contributed by atoms with Crippen molar-refractivity contribution in [1.82, 2.24) is 30.9 Å². The zero-order valence-electron chi connectivity index (χ0n) is 22.0. The number of nitrogens with one attached hydrogen (secondary N) is 5. The van der Waals surface area contributed by atoms with E-state index in [2.05, 4.69) is 30.9 Å². The molecule has 0 fully saturated rings. The molecule has 2 aromatic heterocycles. The maximum absolute atomic E-state index is 13.5. The first kappa shape index (κ1) is 29.8. The Balaban J connectivity index is 1.88. The first-order valence-corrected chi connectivity index (χ1v) is 12.6. The predicted molar refractivity (Wildman–Crippen MR) is 143 cm³/mol. The number of aromatic nitrogens is 3. The lowest BCUT2D eigenvalue weighted by Crippen LogP contribution is -2.58. The van der Waals surface area contributed by atoms with Gasteiger partial charge in [-0.15, -0.1) is 0 Å². The highest BCUT2D eigenvalue weighted by atomic mass is 16.4. The van der Waals surface area contributed by atoms with Crippen LogP contribution in [0.5, 0.6) is 0 Å². The van der Waals surface area contributed by atoms with Gasteiger partial charge in [-0.05, 0) is 17.5 Å². The number of nitrogens with zero attached hydrogens (tertiary/aromatic N) is 1. The van der Waals surface area contributed by atoms with Crippen LogP contribution in [0.1, 0.15) is 31.5 Å². The molecule has 40 heavy (non-hydrogen) atoms. The number of carbonyl (C=O) groups excluding carboxylic acids is 3. The molecule has 0 aliphatic rings. The summed E-state index contributed by atoms with van der Waals surface area (Å²) in [5.74, 6) is -5.31. The van der Waals surface area contributed by atoms with Gasteiger partial charge < -0.3 is 41.9 Å². The molecule has 0 bridgehead atoms. The lowest BCUT2D eigenvalue weighted by Gasteiger charge is -2.26. The number of H-pyrrole nitrogens is 2. The fourth-order valence-corrected chi connectivity index (χ4v) is 4.15. The molecular weight excluding hydrogens is 522 g/mol. The molecule has 0 saturated carbocycles. The Morgan fingerprint density at radius 1 is 0.925 bits per heavy atom. The zero-order valence-corrected chi connectivity index (χ0v) is 22.0. The summed E-state index contributed by atoms with van der Waals surface area (Å²) < 4.78 is 0. The van der Waals surface area contributed by atoms with E-state index in [1.807, 2.05) is 24.3 Å². The summed E-state index contributed by atoms with van der Waals surface area (Å²) in [6, 6.07) is 2.26. The van der Waals surface area contributed by atoms with E-state index in [1.165, 1.54) is 12.5 Å². The van der Waals surface area contributed by atoms with E-state index in [-0.39, 0.29) is 12.8 Å². The molecule has 0 spiro atoms. The van der Waals surface area contributed by atoms with Crippen molar-refractivity contribution in [1.29, 1.82) is 0 Å². The average Bonchev–Trinajstić information content (AvgIpc) is 3.55. The third-order valence-corrected chi connectivity index (χ3v) is 6.31.